The summed E-state index contributed by atoms with van der Waals surface area (Å²) in [5, 5.41) is 19.7. The fourth-order valence-corrected chi connectivity index (χ4v) is 4.27. The number of aromatic nitrogens is 2. The summed E-state index contributed by atoms with van der Waals surface area (Å²) >= 11 is 6.21. The first kappa shape index (κ1) is 27.4. The summed E-state index contributed by atoms with van der Waals surface area (Å²) < 4.78 is 7.02. The molecule has 39 heavy (non-hydrogen) atoms. The number of hydrogen-bond acceptors (Lipinski definition) is 5. The number of halogens is 1. The number of carboxylic acids is 1. The minimum Gasteiger partial charge on any atom is -0.480 e. The molecule has 3 N–H and O–H groups in total. The largest absolute Gasteiger partial charge is 0.480 e. The van der Waals surface area contributed by atoms with Gasteiger partial charge in [0, 0.05) is 28.1 Å². The number of aryl methyl sites for hydroxylation is 1. The number of hydrogen-bond donors (Lipinski definition) is 3. The molecule has 2 atom stereocenters. The third kappa shape index (κ3) is 6.82. The van der Waals surface area contributed by atoms with Crippen LogP contribution in [0, 0.1) is 6.92 Å². The Morgan fingerprint density at radius 2 is 1.67 bits per heavy atom. The first-order chi connectivity index (χ1) is 18.7. The van der Waals surface area contributed by atoms with Gasteiger partial charge in [-0.05, 0) is 49.7 Å². The number of benzene rings is 3. The van der Waals surface area contributed by atoms with Gasteiger partial charge in [-0.1, -0.05) is 60.1 Å². The van der Waals surface area contributed by atoms with Crippen molar-refractivity contribution in [2.24, 2.45) is 0 Å². The predicted octanol–water partition coefficient (Wildman–Crippen LogP) is 5.57. The van der Waals surface area contributed by atoms with Crippen molar-refractivity contribution in [3.63, 3.8) is 0 Å². The molecule has 0 aliphatic carbocycles. The van der Waals surface area contributed by atoms with Gasteiger partial charge in [-0.3, -0.25) is 10.1 Å². The fourth-order valence-electron chi connectivity index (χ4n) is 3.98. The smallest absolute Gasteiger partial charge is 0.413 e. The first-order valence-corrected chi connectivity index (χ1v) is 12.6. The van der Waals surface area contributed by atoms with E-state index in [0.717, 1.165) is 5.56 Å². The van der Waals surface area contributed by atoms with E-state index in [2.05, 4.69) is 15.7 Å². The molecule has 0 spiro atoms. The fraction of sp³-hybridized carbons (Fsp3) is 0.172. The molecule has 200 valence electrons. The molecule has 0 bridgehead atoms. The third-order valence-corrected chi connectivity index (χ3v) is 6.40. The van der Waals surface area contributed by atoms with Crippen LogP contribution in [0.15, 0.2) is 85.1 Å². The van der Waals surface area contributed by atoms with Gasteiger partial charge >= 0.3 is 12.1 Å². The van der Waals surface area contributed by atoms with Crippen molar-refractivity contribution in [3.05, 3.63) is 112 Å². The van der Waals surface area contributed by atoms with Crippen LogP contribution in [0.25, 0.3) is 5.69 Å². The lowest BCUT2D eigenvalue weighted by atomic mass is 10.1. The van der Waals surface area contributed by atoms with Crippen LogP contribution < -0.4 is 10.6 Å². The second kappa shape index (κ2) is 12.3. The monoisotopic (exact) mass is 546 g/mol. The number of carbonyl (C=O) groups excluding carboxylic acids is 2. The second-order valence-electron chi connectivity index (χ2n) is 8.88. The molecule has 0 aliphatic heterocycles. The van der Waals surface area contributed by atoms with Gasteiger partial charge in [0.1, 0.15) is 18.0 Å². The van der Waals surface area contributed by atoms with Crippen LogP contribution >= 0.6 is 11.6 Å². The number of ether oxygens (including phenoxy) is 1. The molecule has 3 aromatic carbocycles. The topological polar surface area (TPSA) is 123 Å². The van der Waals surface area contributed by atoms with Gasteiger partial charge in [0.25, 0.3) is 5.91 Å². The van der Waals surface area contributed by atoms with Gasteiger partial charge in [0.2, 0.25) is 0 Å². The van der Waals surface area contributed by atoms with E-state index in [4.69, 9.17) is 16.3 Å². The summed E-state index contributed by atoms with van der Waals surface area (Å²) in [4.78, 5) is 37.2. The molecule has 10 heteroatoms. The number of aliphatic carboxylic acids is 1. The summed E-state index contributed by atoms with van der Waals surface area (Å²) in [6, 6.07) is 21.5. The molecular formula is C29H27ClN4O5. The highest BCUT2D eigenvalue weighted by molar-refractivity contribution is 6.31. The molecule has 0 aliphatic rings. The minimum atomic E-state index is -1.12. The maximum atomic E-state index is 12.8. The normalized spacial score (nSPS) is 12.3. The number of anilines is 1. The zero-order valence-electron chi connectivity index (χ0n) is 21.3. The number of amides is 2. The van der Waals surface area contributed by atoms with Crippen LogP contribution in [0.4, 0.5) is 10.6 Å². The Morgan fingerprint density at radius 3 is 2.33 bits per heavy atom. The maximum Gasteiger partial charge on any atom is 0.413 e. The second-order valence-corrected chi connectivity index (χ2v) is 9.29. The first-order valence-electron chi connectivity index (χ1n) is 12.2. The highest BCUT2D eigenvalue weighted by Crippen LogP contribution is 2.26. The SMILES string of the molecule is Cc1cnn(-c2ccc(C(=O)NC(Cc3ccccc3)C(=O)O)cc2)c1NC(=O)O[C@H](C)c1ccccc1Cl. The van der Waals surface area contributed by atoms with Gasteiger partial charge in [-0.15, -0.1) is 0 Å². The summed E-state index contributed by atoms with van der Waals surface area (Å²) in [6.07, 6.45) is 0.493. The average molecular weight is 547 g/mol. The van der Waals surface area contributed by atoms with E-state index < -0.39 is 30.1 Å². The molecule has 1 aromatic heterocycles. The number of rotatable bonds is 9. The maximum absolute atomic E-state index is 12.8. The molecule has 4 aromatic rings. The standard InChI is InChI=1S/C29H27ClN4O5/c1-18-17-31-34(26(18)33-29(38)39-19(2)23-10-6-7-11-24(23)30)22-14-12-21(13-15-22)27(35)32-25(28(36)37)16-20-8-4-3-5-9-20/h3-15,17,19,25H,16H2,1-2H3,(H,32,35)(H,33,38)(H,36,37)/t19-,25?/m1/s1. The molecule has 2 amide bonds. The predicted molar refractivity (Wildman–Crippen MR) is 147 cm³/mol. The van der Waals surface area contributed by atoms with Crippen LogP contribution in [0.2, 0.25) is 5.02 Å². The van der Waals surface area contributed by atoms with Crippen molar-refractivity contribution in [1.29, 1.82) is 0 Å². The van der Waals surface area contributed by atoms with Crippen LogP contribution in [-0.4, -0.2) is 38.9 Å². The lowest BCUT2D eigenvalue weighted by Crippen LogP contribution is -2.42. The van der Waals surface area contributed by atoms with E-state index in [0.29, 0.717) is 27.7 Å². The van der Waals surface area contributed by atoms with Crippen LogP contribution in [0.1, 0.15) is 40.1 Å². The number of nitrogens with one attached hydrogen (secondary N) is 2. The summed E-state index contributed by atoms with van der Waals surface area (Å²) in [5.74, 6) is -1.24. The molecule has 0 saturated carbocycles. The average Bonchev–Trinajstić information content (AvgIpc) is 3.28. The van der Waals surface area contributed by atoms with Crippen LogP contribution in [0.3, 0.4) is 0 Å². The lowest BCUT2D eigenvalue weighted by molar-refractivity contribution is -0.139. The van der Waals surface area contributed by atoms with Crippen molar-refractivity contribution in [1.82, 2.24) is 15.1 Å². The Morgan fingerprint density at radius 1 is 1.00 bits per heavy atom. The molecule has 0 fully saturated rings. The van der Waals surface area contributed by atoms with Gasteiger partial charge < -0.3 is 15.2 Å². The zero-order chi connectivity index (χ0) is 27.9. The number of nitrogens with zero attached hydrogens (tertiary/aromatic N) is 2. The molecule has 9 nitrogen and oxygen atoms in total. The minimum absolute atomic E-state index is 0.160. The molecule has 1 heterocycles. The Hall–Kier alpha value is -4.63. The highest BCUT2D eigenvalue weighted by Gasteiger charge is 2.22. The Kier molecular flexibility index (Phi) is 8.63. The van der Waals surface area contributed by atoms with Crippen molar-refractivity contribution in [2.45, 2.75) is 32.4 Å². The summed E-state index contributed by atoms with van der Waals surface area (Å²) in [5.41, 5.74) is 3.04. The van der Waals surface area contributed by atoms with Crippen LogP contribution in [-0.2, 0) is 16.0 Å². The van der Waals surface area contributed by atoms with Crippen molar-refractivity contribution in [2.75, 3.05) is 5.32 Å². The van der Waals surface area contributed by atoms with E-state index in [1.807, 2.05) is 36.4 Å². The Bertz CT molecular complexity index is 1470. The molecule has 1 unspecified atom stereocenters. The van der Waals surface area contributed by atoms with Crippen molar-refractivity contribution >= 4 is 35.4 Å². The van der Waals surface area contributed by atoms with Gasteiger partial charge in [-0.2, -0.15) is 5.10 Å². The van der Waals surface area contributed by atoms with E-state index in [-0.39, 0.29) is 12.0 Å². The van der Waals surface area contributed by atoms with Crippen molar-refractivity contribution < 1.29 is 24.2 Å². The number of carbonyl (C=O) groups is 3. The van der Waals surface area contributed by atoms with Crippen LogP contribution in [0.5, 0.6) is 0 Å². The number of carboxylic acid groups (broad SMARTS) is 1. The molecular weight excluding hydrogens is 520 g/mol. The van der Waals surface area contributed by atoms with Gasteiger partial charge in [0.15, 0.2) is 0 Å². The molecule has 0 radical (unpaired) electrons. The summed E-state index contributed by atoms with van der Waals surface area (Å²) in [7, 11) is 0. The molecule has 4 rings (SSSR count). The van der Waals surface area contributed by atoms with E-state index in [9.17, 15) is 19.5 Å². The third-order valence-electron chi connectivity index (χ3n) is 6.06. The van der Waals surface area contributed by atoms with Crippen molar-refractivity contribution in [3.8, 4) is 5.69 Å². The van der Waals surface area contributed by atoms with Gasteiger partial charge in [-0.25, -0.2) is 14.3 Å². The van der Waals surface area contributed by atoms with Gasteiger partial charge in [0.05, 0.1) is 11.9 Å². The Labute approximate surface area is 230 Å². The quantitative estimate of drug-likeness (QED) is 0.252. The zero-order valence-corrected chi connectivity index (χ0v) is 22.1. The molecule has 0 saturated heterocycles. The Balaban J connectivity index is 1.44. The van der Waals surface area contributed by atoms with E-state index in [1.54, 1.807) is 62.5 Å². The lowest BCUT2D eigenvalue weighted by Gasteiger charge is -2.17. The highest BCUT2D eigenvalue weighted by atomic mass is 35.5. The van der Waals surface area contributed by atoms with E-state index in [1.165, 1.54) is 4.68 Å². The summed E-state index contributed by atoms with van der Waals surface area (Å²) in [6.45, 7) is 3.51. The van der Waals surface area contributed by atoms with E-state index >= 15 is 0 Å².